The molecule has 0 radical (unpaired) electrons. The summed E-state index contributed by atoms with van der Waals surface area (Å²) >= 11 is 0. The summed E-state index contributed by atoms with van der Waals surface area (Å²) in [5.74, 6) is 0.194. The van der Waals surface area contributed by atoms with Gasteiger partial charge in [0, 0.05) is 18.3 Å². The van der Waals surface area contributed by atoms with Crippen LogP contribution < -0.4 is 5.56 Å². The number of aromatic amines is 1. The Kier molecular flexibility index (Phi) is 5.28. The van der Waals surface area contributed by atoms with Gasteiger partial charge in [0.2, 0.25) is 0 Å². The third-order valence-corrected chi connectivity index (χ3v) is 4.47. The molecule has 0 unspecified atom stereocenters. The standard InChI is InChI=1S/C19H23N3O3/c1-3-4-15-12-25-10-9-22(15)19(24)16-11-20-17(21-18(16)23)14-7-5-13(2)6-8-14/h5-8,11,15H,3-4,9-10,12H2,1-2H3,(H,20,21,23)/t15-/m1/s1. The molecule has 2 heterocycles. The number of nitrogens with zero attached hydrogens (tertiary/aromatic N) is 2. The zero-order chi connectivity index (χ0) is 17.8. The van der Waals surface area contributed by atoms with Crippen molar-refractivity contribution in [2.45, 2.75) is 32.7 Å². The van der Waals surface area contributed by atoms with Crippen LogP contribution >= 0.6 is 0 Å². The summed E-state index contributed by atoms with van der Waals surface area (Å²) in [6.07, 6.45) is 3.20. The second-order valence-corrected chi connectivity index (χ2v) is 6.36. The largest absolute Gasteiger partial charge is 0.377 e. The number of aromatic nitrogens is 2. The van der Waals surface area contributed by atoms with Crippen LogP contribution in [0.5, 0.6) is 0 Å². The van der Waals surface area contributed by atoms with Crippen molar-refractivity contribution in [2.75, 3.05) is 19.8 Å². The molecule has 1 aliphatic rings. The van der Waals surface area contributed by atoms with E-state index in [-0.39, 0.29) is 17.5 Å². The normalized spacial score (nSPS) is 17.5. The number of rotatable bonds is 4. The summed E-state index contributed by atoms with van der Waals surface area (Å²) in [4.78, 5) is 34.0. The highest BCUT2D eigenvalue weighted by atomic mass is 16.5. The summed E-state index contributed by atoms with van der Waals surface area (Å²) in [6.45, 7) is 5.59. The van der Waals surface area contributed by atoms with Gasteiger partial charge in [-0.25, -0.2) is 4.98 Å². The van der Waals surface area contributed by atoms with Crippen molar-refractivity contribution in [3.8, 4) is 11.4 Å². The number of aryl methyl sites for hydroxylation is 1. The highest BCUT2D eigenvalue weighted by Crippen LogP contribution is 2.17. The lowest BCUT2D eigenvalue weighted by atomic mass is 10.1. The van der Waals surface area contributed by atoms with Gasteiger partial charge in [0.05, 0.1) is 19.3 Å². The number of amides is 1. The van der Waals surface area contributed by atoms with Gasteiger partial charge in [-0.15, -0.1) is 0 Å². The zero-order valence-electron chi connectivity index (χ0n) is 14.6. The molecule has 1 saturated heterocycles. The lowest BCUT2D eigenvalue weighted by Gasteiger charge is -2.35. The fourth-order valence-corrected chi connectivity index (χ4v) is 3.05. The van der Waals surface area contributed by atoms with Crippen LogP contribution in [-0.2, 0) is 4.74 Å². The molecule has 1 atom stereocenters. The molecule has 132 valence electrons. The van der Waals surface area contributed by atoms with Crippen molar-refractivity contribution in [1.82, 2.24) is 14.9 Å². The molecule has 1 aromatic carbocycles. The number of hydrogen-bond donors (Lipinski definition) is 1. The van der Waals surface area contributed by atoms with Crippen LogP contribution in [-0.4, -0.2) is 46.6 Å². The van der Waals surface area contributed by atoms with E-state index < -0.39 is 5.56 Å². The van der Waals surface area contributed by atoms with E-state index in [0.29, 0.717) is 25.6 Å². The highest BCUT2D eigenvalue weighted by molar-refractivity contribution is 5.94. The summed E-state index contributed by atoms with van der Waals surface area (Å²) < 4.78 is 5.47. The first-order chi connectivity index (χ1) is 12.1. The number of H-pyrrole nitrogens is 1. The van der Waals surface area contributed by atoms with Crippen LogP contribution in [0.15, 0.2) is 35.3 Å². The van der Waals surface area contributed by atoms with Crippen LogP contribution in [0.4, 0.5) is 0 Å². The zero-order valence-corrected chi connectivity index (χ0v) is 14.6. The minimum absolute atomic E-state index is 0.0161. The number of benzene rings is 1. The van der Waals surface area contributed by atoms with E-state index in [0.717, 1.165) is 24.0 Å². The molecule has 0 saturated carbocycles. The monoisotopic (exact) mass is 341 g/mol. The lowest BCUT2D eigenvalue weighted by Crippen LogP contribution is -2.49. The molecular formula is C19H23N3O3. The third-order valence-electron chi connectivity index (χ3n) is 4.47. The van der Waals surface area contributed by atoms with E-state index in [1.165, 1.54) is 6.20 Å². The first-order valence-corrected chi connectivity index (χ1v) is 8.65. The minimum atomic E-state index is -0.405. The van der Waals surface area contributed by atoms with E-state index in [9.17, 15) is 9.59 Å². The quantitative estimate of drug-likeness (QED) is 0.926. The average molecular weight is 341 g/mol. The molecule has 6 heteroatoms. The maximum atomic E-state index is 12.8. The van der Waals surface area contributed by atoms with E-state index in [4.69, 9.17) is 4.74 Å². The van der Waals surface area contributed by atoms with Gasteiger partial charge in [-0.05, 0) is 13.3 Å². The molecule has 25 heavy (non-hydrogen) atoms. The highest BCUT2D eigenvalue weighted by Gasteiger charge is 2.29. The molecule has 3 rings (SSSR count). The summed E-state index contributed by atoms with van der Waals surface area (Å²) in [5, 5.41) is 0. The molecule has 0 aliphatic carbocycles. The molecule has 1 N–H and O–H groups in total. The van der Waals surface area contributed by atoms with Gasteiger partial charge < -0.3 is 14.6 Å². The topological polar surface area (TPSA) is 75.3 Å². The van der Waals surface area contributed by atoms with E-state index in [1.54, 1.807) is 4.90 Å². The molecule has 0 bridgehead atoms. The van der Waals surface area contributed by atoms with Gasteiger partial charge in [-0.3, -0.25) is 9.59 Å². The molecule has 2 aromatic rings. The number of morpholine rings is 1. The number of nitrogens with one attached hydrogen (secondary N) is 1. The summed E-state index contributed by atoms with van der Waals surface area (Å²) in [5.41, 5.74) is 1.63. The molecule has 1 fully saturated rings. The van der Waals surface area contributed by atoms with Crippen LogP contribution in [0.3, 0.4) is 0 Å². The Bertz CT molecular complexity index is 796. The molecule has 1 aliphatic heterocycles. The molecule has 6 nitrogen and oxygen atoms in total. The second kappa shape index (κ2) is 7.61. The smallest absolute Gasteiger partial charge is 0.264 e. The summed E-state index contributed by atoms with van der Waals surface area (Å²) in [6, 6.07) is 7.72. The number of carbonyl (C=O) groups is 1. The average Bonchev–Trinajstić information content (AvgIpc) is 2.62. The summed E-state index contributed by atoms with van der Waals surface area (Å²) in [7, 11) is 0. The maximum Gasteiger partial charge on any atom is 0.264 e. The van der Waals surface area contributed by atoms with Gasteiger partial charge >= 0.3 is 0 Å². The van der Waals surface area contributed by atoms with Crippen molar-refractivity contribution >= 4 is 5.91 Å². The Labute approximate surface area is 146 Å². The predicted molar refractivity (Wildman–Crippen MR) is 95.6 cm³/mol. The van der Waals surface area contributed by atoms with Crippen LogP contribution in [0.2, 0.25) is 0 Å². The number of ether oxygens (including phenoxy) is 1. The Morgan fingerprint density at radius 1 is 1.36 bits per heavy atom. The van der Waals surface area contributed by atoms with E-state index >= 15 is 0 Å². The van der Waals surface area contributed by atoms with Crippen LogP contribution in [0.25, 0.3) is 11.4 Å². The van der Waals surface area contributed by atoms with Crippen LogP contribution in [0.1, 0.15) is 35.7 Å². The first-order valence-electron chi connectivity index (χ1n) is 8.65. The SMILES string of the molecule is CCC[C@@H]1COCCN1C(=O)c1cnc(-c2ccc(C)cc2)[nH]c1=O. The lowest BCUT2D eigenvalue weighted by molar-refractivity contribution is -0.00445. The number of hydrogen-bond acceptors (Lipinski definition) is 4. The van der Waals surface area contributed by atoms with E-state index in [1.807, 2.05) is 31.2 Å². The molecule has 0 spiro atoms. The van der Waals surface area contributed by atoms with Gasteiger partial charge in [0.25, 0.3) is 11.5 Å². The van der Waals surface area contributed by atoms with Crippen molar-refractivity contribution in [3.63, 3.8) is 0 Å². The molecule has 1 aromatic heterocycles. The van der Waals surface area contributed by atoms with Gasteiger partial charge in [-0.2, -0.15) is 0 Å². The first kappa shape index (κ1) is 17.4. The number of carbonyl (C=O) groups excluding carboxylic acids is 1. The van der Waals surface area contributed by atoms with Gasteiger partial charge in [-0.1, -0.05) is 43.2 Å². The predicted octanol–water partition coefficient (Wildman–Crippen LogP) is 2.39. The van der Waals surface area contributed by atoms with Crippen molar-refractivity contribution in [3.05, 3.63) is 51.9 Å². The van der Waals surface area contributed by atoms with Gasteiger partial charge in [0.1, 0.15) is 11.4 Å². The Balaban J connectivity index is 1.86. The molecule has 1 amide bonds. The van der Waals surface area contributed by atoms with Gasteiger partial charge in [0.15, 0.2) is 0 Å². The van der Waals surface area contributed by atoms with Crippen molar-refractivity contribution in [1.29, 1.82) is 0 Å². The Morgan fingerprint density at radius 2 is 2.12 bits per heavy atom. The fraction of sp³-hybridized carbons (Fsp3) is 0.421. The minimum Gasteiger partial charge on any atom is -0.377 e. The third kappa shape index (κ3) is 3.79. The van der Waals surface area contributed by atoms with Crippen molar-refractivity contribution < 1.29 is 9.53 Å². The maximum absolute atomic E-state index is 12.8. The Hall–Kier alpha value is -2.47. The van der Waals surface area contributed by atoms with Crippen LogP contribution in [0, 0.1) is 6.92 Å². The second-order valence-electron chi connectivity index (χ2n) is 6.36. The Morgan fingerprint density at radius 3 is 2.80 bits per heavy atom. The molecular weight excluding hydrogens is 318 g/mol. The van der Waals surface area contributed by atoms with Crippen molar-refractivity contribution in [2.24, 2.45) is 0 Å². The van der Waals surface area contributed by atoms with E-state index in [2.05, 4.69) is 16.9 Å². The fourth-order valence-electron chi connectivity index (χ4n) is 3.05.